The van der Waals surface area contributed by atoms with Gasteiger partial charge in [0.1, 0.15) is 12.1 Å². The molecule has 0 radical (unpaired) electrons. The standard InChI is InChI=1S/C35H52N6O7S/c1-33(2,3)24(18-40-16-20-11-9-10-12-23(20)49(40,47)48)38-32(46)39-28(34(4,5)6)31(45)41-17-21-25(35(21,7)8)26(41)30(44)37-22(15-19-13-14-19)27(42)29(36)43/h9-12,19,21-22,24-26,28H,13-18H2,1-8H3,(H2,36,43)(H,37,44)(H2,38,39,46)/t21-,22?,24+,25-,26?,28+/m0/s1. The van der Waals surface area contributed by atoms with E-state index in [1.54, 1.807) is 24.3 Å². The van der Waals surface area contributed by atoms with E-state index in [4.69, 9.17) is 5.73 Å². The number of hydrogen-bond acceptors (Lipinski definition) is 7. The van der Waals surface area contributed by atoms with Crippen LogP contribution in [0.3, 0.4) is 0 Å². The van der Waals surface area contributed by atoms with Crippen molar-refractivity contribution in [2.45, 2.75) is 110 Å². The summed E-state index contributed by atoms with van der Waals surface area (Å²) in [6.45, 7) is 15.8. The van der Waals surface area contributed by atoms with Crippen LogP contribution in [-0.2, 0) is 35.7 Å². The summed E-state index contributed by atoms with van der Waals surface area (Å²) < 4.78 is 28.0. The molecular formula is C35H52N6O7S. The predicted octanol–water partition coefficient (Wildman–Crippen LogP) is 2.14. The molecule has 4 aliphatic rings. The van der Waals surface area contributed by atoms with Crippen molar-refractivity contribution in [1.29, 1.82) is 0 Å². The largest absolute Gasteiger partial charge is 0.363 e. The van der Waals surface area contributed by atoms with Gasteiger partial charge in [-0.1, -0.05) is 86.4 Å². The fourth-order valence-corrected chi connectivity index (χ4v) is 9.16. The number of urea groups is 1. The van der Waals surface area contributed by atoms with E-state index in [0.29, 0.717) is 18.5 Å². The van der Waals surface area contributed by atoms with Crippen LogP contribution in [-0.4, -0.2) is 84.4 Å². The number of nitrogens with one attached hydrogen (secondary N) is 3. The lowest BCUT2D eigenvalue weighted by molar-refractivity contribution is -0.145. The van der Waals surface area contributed by atoms with Gasteiger partial charge in [-0.25, -0.2) is 13.2 Å². The molecule has 14 heteroatoms. The number of ketones is 1. The van der Waals surface area contributed by atoms with Crippen LogP contribution >= 0.6 is 0 Å². The molecule has 5 amide bonds. The maximum Gasteiger partial charge on any atom is 0.315 e. The third kappa shape index (κ3) is 7.35. The number of sulfonamides is 1. The van der Waals surface area contributed by atoms with Crippen LogP contribution in [0, 0.1) is 34.0 Å². The lowest BCUT2D eigenvalue weighted by Crippen LogP contribution is -2.62. The van der Waals surface area contributed by atoms with Gasteiger partial charge in [-0.2, -0.15) is 4.31 Å². The number of benzene rings is 1. The Bertz CT molecular complexity index is 1640. The fourth-order valence-electron chi connectivity index (χ4n) is 7.51. The Labute approximate surface area is 289 Å². The van der Waals surface area contributed by atoms with Gasteiger partial charge in [-0.15, -0.1) is 0 Å². The Morgan fingerprint density at radius 3 is 2.14 bits per heavy atom. The summed E-state index contributed by atoms with van der Waals surface area (Å²) >= 11 is 0. The summed E-state index contributed by atoms with van der Waals surface area (Å²) in [5, 5.41) is 8.57. The normalized spacial score (nSPS) is 25.7. The van der Waals surface area contributed by atoms with Gasteiger partial charge in [0.05, 0.1) is 10.9 Å². The molecule has 5 N–H and O–H groups in total. The zero-order valence-electron chi connectivity index (χ0n) is 29.8. The monoisotopic (exact) mass is 700 g/mol. The van der Waals surface area contributed by atoms with Crippen LogP contribution in [0.1, 0.15) is 80.2 Å². The molecule has 2 heterocycles. The average molecular weight is 701 g/mol. The van der Waals surface area contributed by atoms with Gasteiger partial charge in [0, 0.05) is 25.7 Å². The zero-order chi connectivity index (χ0) is 36.4. The summed E-state index contributed by atoms with van der Waals surface area (Å²) in [4.78, 5) is 68.2. The van der Waals surface area contributed by atoms with E-state index in [9.17, 15) is 32.4 Å². The Balaban J connectivity index is 1.32. The third-order valence-electron chi connectivity index (χ3n) is 11.0. The minimum Gasteiger partial charge on any atom is -0.363 e. The van der Waals surface area contributed by atoms with Gasteiger partial charge in [0.15, 0.2) is 0 Å². The van der Waals surface area contributed by atoms with Gasteiger partial charge in [0.2, 0.25) is 27.6 Å². The Morgan fingerprint density at radius 2 is 1.59 bits per heavy atom. The molecule has 0 aromatic heterocycles. The van der Waals surface area contributed by atoms with Crippen LogP contribution in [0.4, 0.5) is 4.79 Å². The Hall–Kier alpha value is -3.52. The molecule has 5 rings (SSSR count). The molecule has 270 valence electrons. The molecule has 1 aromatic carbocycles. The van der Waals surface area contributed by atoms with Crippen LogP contribution in [0.5, 0.6) is 0 Å². The highest BCUT2D eigenvalue weighted by Crippen LogP contribution is 2.65. The summed E-state index contributed by atoms with van der Waals surface area (Å²) in [6, 6.07) is 2.59. The number of carbonyl (C=O) groups is 5. The lowest BCUT2D eigenvalue weighted by atomic mass is 9.85. The smallest absolute Gasteiger partial charge is 0.315 e. The number of likely N-dealkylation sites (tertiary alicyclic amines) is 1. The van der Waals surface area contributed by atoms with Crippen molar-refractivity contribution in [3.8, 4) is 0 Å². The molecule has 6 atom stereocenters. The second-order valence-corrected chi connectivity index (χ2v) is 19.0. The number of nitrogens with two attached hydrogens (primary N) is 1. The molecule has 49 heavy (non-hydrogen) atoms. The average Bonchev–Trinajstić information content (AvgIpc) is 3.80. The maximum atomic E-state index is 14.4. The Kier molecular flexibility index (Phi) is 9.50. The summed E-state index contributed by atoms with van der Waals surface area (Å²) in [6.07, 6.45) is 2.13. The third-order valence-corrected chi connectivity index (χ3v) is 12.9. The number of nitrogens with zero attached hydrogens (tertiary/aromatic N) is 2. The van der Waals surface area contributed by atoms with E-state index in [-0.39, 0.29) is 41.2 Å². The molecule has 0 spiro atoms. The van der Waals surface area contributed by atoms with Crippen molar-refractivity contribution in [3.05, 3.63) is 29.8 Å². The number of Topliss-reactive ketones (excluding diaryl/α,β-unsaturated/α-hetero) is 1. The lowest BCUT2D eigenvalue weighted by Gasteiger charge is -2.39. The minimum atomic E-state index is -3.74. The number of hydrogen-bond donors (Lipinski definition) is 4. The van der Waals surface area contributed by atoms with Crippen molar-refractivity contribution in [2.75, 3.05) is 13.1 Å². The SMILES string of the molecule is CC(C)(C)[C@H](NC(=O)N[C@H](CN1Cc2ccccc2S1(=O)=O)C(C)(C)C)C(=O)N1C[C@H]2[C@@H](C1C(=O)NC(CC1CC1)C(=O)C(N)=O)C2(C)C. The van der Waals surface area contributed by atoms with Gasteiger partial charge in [0.25, 0.3) is 5.91 Å². The number of amides is 5. The highest BCUT2D eigenvalue weighted by atomic mass is 32.2. The van der Waals surface area contributed by atoms with Gasteiger partial charge in [-0.3, -0.25) is 19.2 Å². The number of carbonyl (C=O) groups excluding carboxylic acids is 5. The van der Waals surface area contributed by atoms with Crippen LogP contribution in [0.15, 0.2) is 29.2 Å². The second-order valence-electron chi connectivity index (χ2n) is 17.1. The van der Waals surface area contributed by atoms with Crippen LogP contribution < -0.4 is 21.7 Å². The van der Waals surface area contributed by atoms with Gasteiger partial charge >= 0.3 is 6.03 Å². The van der Waals surface area contributed by atoms with E-state index in [0.717, 1.165) is 12.8 Å². The quantitative estimate of drug-likeness (QED) is 0.255. The molecular weight excluding hydrogens is 648 g/mol. The van der Waals surface area contributed by atoms with E-state index < -0.39 is 74.6 Å². The number of primary amides is 1. The van der Waals surface area contributed by atoms with Gasteiger partial charge in [-0.05, 0) is 52.0 Å². The number of piperidine rings is 1. The maximum absolute atomic E-state index is 14.4. The first kappa shape index (κ1) is 36.8. The van der Waals surface area contributed by atoms with E-state index in [1.807, 2.05) is 55.4 Å². The highest BCUT2D eigenvalue weighted by Gasteiger charge is 2.70. The number of fused-ring (bicyclic) bond motifs is 2. The first-order valence-corrected chi connectivity index (χ1v) is 18.6. The van der Waals surface area contributed by atoms with Crippen molar-refractivity contribution >= 4 is 39.6 Å². The first-order chi connectivity index (χ1) is 22.5. The molecule has 2 unspecified atom stereocenters. The van der Waals surface area contributed by atoms with Crippen LogP contribution in [0.25, 0.3) is 0 Å². The molecule has 0 bridgehead atoms. The zero-order valence-corrected chi connectivity index (χ0v) is 30.6. The molecule has 1 aromatic rings. The molecule has 2 aliphatic heterocycles. The van der Waals surface area contributed by atoms with E-state index in [1.165, 1.54) is 9.21 Å². The van der Waals surface area contributed by atoms with E-state index >= 15 is 0 Å². The van der Waals surface area contributed by atoms with Crippen molar-refractivity contribution in [1.82, 2.24) is 25.2 Å². The summed E-state index contributed by atoms with van der Waals surface area (Å²) in [7, 11) is -3.74. The Morgan fingerprint density at radius 1 is 0.959 bits per heavy atom. The molecule has 2 saturated carbocycles. The fraction of sp³-hybridized carbons (Fsp3) is 0.686. The number of rotatable bonds is 11. The minimum absolute atomic E-state index is 0.0287. The van der Waals surface area contributed by atoms with E-state index in [2.05, 4.69) is 16.0 Å². The molecule has 2 aliphatic carbocycles. The molecule has 1 saturated heterocycles. The summed E-state index contributed by atoms with van der Waals surface area (Å²) in [5.74, 6) is -2.79. The highest BCUT2D eigenvalue weighted by molar-refractivity contribution is 7.89. The van der Waals surface area contributed by atoms with Crippen molar-refractivity contribution < 1.29 is 32.4 Å². The predicted molar refractivity (Wildman–Crippen MR) is 182 cm³/mol. The molecule has 3 fully saturated rings. The van der Waals surface area contributed by atoms with Crippen molar-refractivity contribution in [3.63, 3.8) is 0 Å². The molecule has 13 nitrogen and oxygen atoms in total. The van der Waals surface area contributed by atoms with Gasteiger partial charge < -0.3 is 26.6 Å². The first-order valence-electron chi connectivity index (χ1n) is 17.1. The van der Waals surface area contributed by atoms with Crippen LogP contribution in [0.2, 0.25) is 0 Å². The second kappa shape index (κ2) is 12.7. The summed E-state index contributed by atoms with van der Waals surface area (Å²) in [5.41, 5.74) is 4.47. The topological polar surface area (TPSA) is 188 Å². The van der Waals surface area contributed by atoms with Crippen molar-refractivity contribution in [2.24, 2.45) is 39.7 Å².